The molecule has 0 bridgehead atoms. The van der Waals surface area contributed by atoms with E-state index >= 15 is 0 Å². The lowest BCUT2D eigenvalue weighted by atomic mass is 9.97. The summed E-state index contributed by atoms with van der Waals surface area (Å²) in [7, 11) is -2.19. The number of carbonyl (C=O) groups is 1. The molecular formula is C10H21N3O3S. The number of hydrogen-bond acceptors (Lipinski definition) is 4. The molecule has 2 atom stereocenters. The van der Waals surface area contributed by atoms with E-state index in [9.17, 15) is 13.2 Å². The highest BCUT2D eigenvalue weighted by atomic mass is 32.2. The van der Waals surface area contributed by atoms with E-state index in [1.807, 2.05) is 6.92 Å². The van der Waals surface area contributed by atoms with E-state index in [1.54, 1.807) is 4.90 Å². The van der Waals surface area contributed by atoms with Crippen LogP contribution in [0.2, 0.25) is 0 Å². The minimum atomic E-state index is -3.50. The number of carbonyl (C=O) groups excluding carboxylic acids is 1. The largest absolute Gasteiger partial charge is 0.337 e. The molecule has 1 aliphatic rings. The maximum absolute atomic E-state index is 11.9. The van der Waals surface area contributed by atoms with Gasteiger partial charge in [-0.1, -0.05) is 0 Å². The quantitative estimate of drug-likeness (QED) is 0.699. The van der Waals surface area contributed by atoms with Gasteiger partial charge in [-0.05, 0) is 33.2 Å². The lowest BCUT2D eigenvalue weighted by Crippen LogP contribution is -2.53. The molecule has 1 fully saturated rings. The summed E-state index contributed by atoms with van der Waals surface area (Å²) < 4.78 is 24.8. The Morgan fingerprint density at radius 1 is 1.53 bits per heavy atom. The summed E-state index contributed by atoms with van der Waals surface area (Å²) in [5, 5.41) is 0. The zero-order valence-electron chi connectivity index (χ0n) is 10.3. The fraction of sp³-hybridized carbons (Fsp3) is 0.900. The van der Waals surface area contributed by atoms with Crippen molar-refractivity contribution in [1.29, 1.82) is 0 Å². The number of rotatable bonds is 4. The summed E-state index contributed by atoms with van der Waals surface area (Å²) in [6, 6.07) is -0.167. The molecule has 1 rings (SSSR count). The molecule has 0 aromatic carbocycles. The molecule has 17 heavy (non-hydrogen) atoms. The van der Waals surface area contributed by atoms with Gasteiger partial charge in [-0.2, -0.15) is 0 Å². The molecule has 1 aliphatic heterocycles. The van der Waals surface area contributed by atoms with E-state index < -0.39 is 15.8 Å². The number of sulfonamides is 1. The summed E-state index contributed by atoms with van der Waals surface area (Å²) in [5.74, 6) is -0.853. The summed E-state index contributed by atoms with van der Waals surface area (Å²) in [6.45, 7) is 2.45. The fourth-order valence-electron chi connectivity index (χ4n) is 2.13. The molecule has 3 N–H and O–H groups in total. The number of likely N-dealkylation sites (tertiary alicyclic amines) is 1. The molecule has 0 aliphatic carbocycles. The van der Waals surface area contributed by atoms with E-state index in [1.165, 1.54) is 7.05 Å². The molecule has 0 spiro atoms. The van der Waals surface area contributed by atoms with Crippen LogP contribution in [-0.4, -0.2) is 50.7 Å². The van der Waals surface area contributed by atoms with Gasteiger partial charge in [0.2, 0.25) is 15.9 Å². The van der Waals surface area contributed by atoms with Crippen molar-refractivity contribution >= 4 is 15.9 Å². The first-order valence-electron chi connectivity index (χ1n) is 5.83. The molecule has 100 valence electrons. The Hall–Kier alpha value is -0.660. The maximum atomic E-state index is 11.9. The number of nitrogens with zero attached hydrogens (tertiary/aromatic N) is 1. The third kappa shape index (κ3) is 3.93. The van der Waals surface area contributed by atoms with Gasteiger partial charge in [-0.25, -0.2) is 13.1 Å². The van der Waals surface area contributed by atoms with Crippen LogP contribution in [0, 0.1) is 0 Å². The average molecular weight is 263 g/mol. The molecule has 0 aromatic heterocycles. The van der Waals surface area contributed by atoms with Crippen LogP contribution >= 0.6 is 0 Å². The smallest absolute Gasteiger partial charge is 0.239 e. The fourth-order valence-corrected chi connectivity index (χ4v) is 2.77. The Bertz CT molecular complexity index is 367. The summed E-state index contributed by atoms with van der Waals surface area (Å²) >= 11 is 0. The third-order valence-corrected chi connectivity index (χ3v) is 4.35. The van der Waals surface area contributed by atoms with Crippen molar-refractivity contribution in [3.63, 3.8) is 0 Å². The van der Waals surface area contributed by atoms with Crippen molar-refractivity contribution in [1.82, 2.24) is 9.62 Å². The number of nitrogens with two attached hydrogens (primary N) is 1. The number of hydrogen-bond donors (Lipinski definition) is 2. The number of amides is 1. The van der Waals surface area contributed by atoms with Crippen molar-refractivity contribution in [2.24, 2.45) is 5.73 Å². The highest BCUT2D eigenvalue weighted by molar-refractivity contribution is 7.90. The predicted octanol–water partition coefficient (Wildman–Crippen LogP) is -0.736. The summed E-state index contributed by atoms with van der Waals surface area (Å²) in [4.78, 5) is 13.6. The van der Waals surface area contributed by atoms with Gasteiger partial charge in [0.1, 0.15) is 5.75 Å². The topological polar surface area (TPSA) is 92.5 Å². The van der Waals surface area contributed by atoms with Gasteiger partial charge < -0.3 is 10.6 Å². The Balaban J connectivity index is 2.72. The molecule has 1 amide bonds. The second-order valence-electron chi connectivity index (χ2n) is 4.47. The van der Waals surface area contributed by atoms with Crippen LogP contribution in [0.5, 0.6) is 0 Å². The normalized spacial score (nSPS) is 23.5. The monoisotopic (exact) mass is 263 g/mol. The number of piperidine rings is 1. The van der Waals surface area contributed by atoms with E-state index in [4.69, 9.17) is 5.73 Å². The van der Waals surface area contributed by atoms with Crippen LogP contribution in [0.15, 0.2) is 0 Å². The molecule has 1 saturated heterocycles. The van der Waals surface area contributed by atoms with Gasteiger partial charge >= 0.3 is 0 Å². The molecule has 2 unspecified atom stereocenters. The van der Waals surface area contributed by atoms with Crippen molar-refractivity contribution in [2.45, 2.75) is 38.3 Å². The highest BCUT2D eigenvalue weighted by Gasteiger charge is 2.31. The van der Waals surface area contributed by atoms with Gasteiger partial charge in [0.25, 0.3) is 0 Å². The third-order valence-electron chi connectivity index (χ3n) is 3.10. The standard InChI is InChI=1S/C10H21N3O3S/c1-8(11)9-5-3-4-6-13(9)10(14)7-17(15,16)12-2/h8-9,12H,3-7,11H2,1-2H3. The minimum absolute atomic E-state index is 0.0386. The Labute approximate surface area is 103 Å². The van der Waals surface area contributed by atoms with Crippen molar-refractivity contribution in [3.8, 4) is 0 Å². The van der Waals surface area contributed by atoms with Crippen molar-refractivity contribution in [2.75, 3.05) is 19.3 Å². The second-order valence-corrected chi connectivity index (χ2v) is 6.40. The Morgan fingerprint density at radius 3 is 2.71 bits per heavy atom. The highest BCUT2D eigenvalue weighted by Crippen LogP contribution is 2.19. The lowest BCUT2D eigenvalue weighted by Gasteiger charge is -2.38. The van der Waals surface area contributed by atoms with Gasteiger partial charge in [0.05, 0.1) is 0 Å². The summed E-state index contributed by atoms with van der Waals surface area (Å²) in [6.07, 6.45) is 2.80. The van der Waals surface area contributed by atoms with E-state index in [-0.39, 0.29) is 18.0 Å². The summed E-state index contributed by atoms with van der Waals surface area (Å²) in [5.41, 5.74) is 5.83. The van der Waals surface area contributed by atoms with Crippen LogP contribution in [0.1, 0.15) is 26.2 Å². The Kier molecular flexibility index (Phi) is 4.91. The van der Waals surface area contributed by atoms with Crippen LogP contribution in [-0.2, 0) is 14.8 Å². The molecule has 7 heteroatoms. The van der Waals surface area contributed by atoms with E-state index in [2.05, 4.69) is 4.72 Å². The van der Waals surface area contributed by atoms with Crippen LogP contribution in [0.25, 0.3) is 0 Å². The second kappa shape index (κ2) is 5.79. The van der Waals surface area contributed by atoms with Gasteiger partial charge in [0.15, 0.2) is 0 Å². The molecule has 0 aromatic rings. The molecule has 6 nitrogen and oxygen atoms in total. The lowest BCUT2D eigenvalue weighted by molar-refractivity contribution is -0.132. The minimum Gasteiger partial charge on any atom is -0.337 e. The first kappa shape index (κ1) is 14.4. The molecule has 1 heterocycles. The van der Waals surface area contributed by atoms with Gasteiger partial charge in [-0.3, -0.25) is 4.79 Å². The molecular weight excluding hydrogens is 242 g/mol. The number of nitrogens with one attached hydrogen (secondary N) is 1. The Morgan fingerprint density at radius 2 is 2.18 bits per heavy atom. The zero-order chi connectivity index (χ0) is 13.1. The van der Waals surface area contributed by atoms with Gasteiger partial charge in [-0.15, -0.1) is 0 Å². The maximum Gasteiger partial charge on any atom is 0.239 e. The van der Waals surface area contributed by atoms with Gasteiger partial charge in [0, 0.05) is 18.6 Å². The van der Waals surface area contributed by atoms with Crippen LogP contribution < -0.4 is 10.5 Å². The van der Waals surface area contributed by atoms with E-state index in [0.717, 1.165) is 19.3 Å². The molecule has 0 saturated carbocycles. The first-order chi connectivity index (χ1) is 7.87. The average Bonchev–Trinajstić information content (AvgIpc) is 2.28. The van der Waals surface area contributed by atoms with Crippen molar-refractivity contribution in [3.05, 3.63) is 0 Å². The van der Waals surface area contributed by atoms with Crippen LogP contribution in [0.3, 0.4) is 0 Å². The molecule has 0 radical (unpaired) electrons. The first-order valence-corrected chi connectivity index (χ1v) is 7.49. The van der Waals surface area contributed by atoms with Crippen LogP contribution in [0.4, 0.5) is 0 Å². The van der Waals surface area contributed by atoms with E-state index in [0.29, 0.717) is 6.54 Å². The SMILES string of the molecule is CNS(=O)(=O)CC(=O)N1CCCCC1C(C)N. The predicted molar refractivity (Wildman–Crippen MR) is 65.8 cm³/mol. The van der Waals surface area contributed by atoms with Crippen molar-refractivity contribution < 1.29 is 13.2 Å². The zero-order valence-corrected chi connectivity index (χ0v) is 11.2.